The van der Waals surface area contributed by atoms with Gasteiger partial charge in [0, 0.05) is 11.3 Å². The highest BCUT2D eigenvalue weighted by molar-refractivity contribution is 5.50. The Labute approximate surface area is 125 Å². The minimum Gasteiger partial charge on any atom is -0.497 e. The number of nitrogens with one attached hydrogen (secondary N) is 1. The molecule has 4 heteroatoms. The number of anilines is 1. The second-order valence-electron chi connectivity index (χ2n) is 4.58. The van der Waals surface area contributed by atoms with Crippen molar-refractivity contribution in [3.63, 3.8) is 0 Å². The second kappa shape index (κ2) is 7.55. The second-order valence-corrected chi connectivity index (χ2v) is 4.58. The fourth-order valence-electron chi connectivity index (χ4n) is 2.17. The van der Waals surface area contributed by atoms with Gasteiger partial charge in [-0.1, -0.05) is 18.2 Å². The minimum absolute atomic E-state index is 0.0177. The molecule has 0 heterocycles. The van der Waals surface area contributed by atoms with Crippen LogP contribution in [-0.4, -0.2) is 25.4 Å². The predicted molar refractivity (Wildman–Crippen MR) is 84.1 cm³/mol. The zero-order chi connectivity index (χ0) is 15.1. The van der Waals surface area contributed by atoms with Gasteiger partial charge in [0.2, 0.25) is 0 Å². The van der Waals surface area contributed by atoms with E-state index in [4.69, 9.17) is 9.47 Å². The summed E-state index contributed by atoms with van der Waals surface area (Å²) in [5.74, 6) is 1.59. The first-order valence-corrected chi connectivity index (χ1v) is 7.01. The summed E-state index contributed by atoms with van der Waals surface area (Å²) in [5.41, 5.74) is 1.86. The van der Waals surface area contributed by atoms with Crippen LogP contribution < -0.4 is 14.8 Å². The van der Waals surface area contributed by atoms with Crippen molar-refractivity contribution in [1.29, 1.82) is 0 Å². The van der Waals surface area contributed by atoms with E-state index >= 15 is 0 Å². The van der Waals surface area contributed by atoms with E-state index in [2.05, 4.69) is 5.32 Å². The molecule has 0 aliphatic rings. The molecular formula is C17H21NO3. The first-order chi connectivity index (χ1) is 10.3. The van der Waals surface area contributed by atoms with Crippen molar-refractivity contribution < 1.29 is 14.6 Å². The third kappa shape index (κ3) is 3.89. The van der Waals surface area contributed by atoms with Gasteiger partial charge in [-0.2, -0.15) is 0 Å². The van der Waals surface area contributed by atoms with Crippen molar-refractivity contribution in [2.75, 3.05) is 25.6 Å². The number of hydrogen-bond donors (Lipinski definition) is 2. The van der Waals surface area contributed by atoms with Crippen LogP contribution in [0.1, 0.15) is 18.5 Å². The fourth-order valence-corrected chi connectivity index (χ4v) is 2.17. The molecule has 0 amide bonds. The molecule has 112 valence electrons. The van der Waals surface area contributed by atoms with Gasteiger partial charge in [0.15, 0.2) is 0 Å². The molecule has 0 saturated heterocycles. The molecule has 0 fully saturated rings. The molecule has 2 aromatic carbocycles. The van der Waals surface area contributed by atoms with Crippen LogP contribution in [-0.2, 0) is 0 Å². The average molecular weight is 287 g/mol. The molecule has 0 saturated carbocycles. The Morgan fingerprint density at radius 1 is 1.10 bits per heavy atom. The van der Waals surface area contributed by atoms with Crippen LogP contribution in [0.3, 0.4) is 0 Å². The van der Waals surface area contributed by atoms with E-state index in [9.17, 15) is 5.11 Å². The first kappa shape index (κ1) is 15.2. The molecule has 2 rings (SSSR count). The molecule has 4 nitrogen and oxygen atoms in total. The highest BCUT2D eigenvalue weighted by atomic mass is 16.5. The number of rotatable bonds is 7. The molecule has 0 aliphatic carbocycles. The summed E-state index contributed by atoms with van der Waals surface area (Å²) in [5, 5.41) is 13.0. The standard InChI is InChI=1S/C17H21NO3/c1-3-21-17-7-5-4-6-15(17)16(12-19)18-13-8-10-14(20-2)11-9-13/h4-11,16,18-19H,3,12H2,1-2H3. The van der Waals surface area contributed by atoms with E-state index in [1.807, 2.05) is 55.5 Å². The minimum atomic E-state index is -0.221. The molecule has 0 radical (unpaired) electrons. The Morgan fingerprint density at radius 2 is 1.81 bits per heavy atom. The van der Waals surface area contributed by atoms with Gasteiger partial charge in [0.1, 0.15) is 11.5 Å². The van der Waals surface area contributed by atoms with Crippen molar-refractivity contribution >= 4 is 5.69 Å². The molecule has 2 N–H and O–H groups in total. The van der Waals surface area contributed by atoms with Gasteiger partial charge in [0.05, 0.1) is 26.4 Å². The van der Waals surface area contributed by atoms with Gasteiger partial charge in [-0.15, -0.1) is 0 Å². The quantitative estimate of drug-likeness (QED) is 0.821. The number of benzene rings is 2. The fraction of sp³-hybridized carbons (Fsp3) is 0.294. The van der Waals surface area contributed by atoms with E-state index < -0.39 is 0 Å². The number of methoxy groups -OCH3 is 1. The topological polar surface area (TPSA) is 50.7 Å². The van der Waals surface area contributed by atoms with E-state index in [0.717, 1.165) is 22.7 Å². The Morgan fingerprint density at radius 3 is 2.43 bits per heavy atom. The number of aliphatic hydroxyl groups is 1. The number of hydrogen-bond acceptors (Lipinski definition) is 4. The monoisotopic (exact) mass is 287 g/mol. The Hall–Kier alpha value is -2.20. The van der Waals surface area contributed by atoms with Crippen LogP contribution >= 0.6 is 0 Å². The third-order valence-electron chi connectivity index (χ3n) is 3.21. The molecule has 2 aromatic rings. The zero-order valence-corrected chi connectivity index (χ0v) is 12.4. The SMILES string of the molecule is CCOc1ccccc1C(CO)Nc1ccc(OC)cc1. The maximum Gasteiger partial charge on any atom is 0.124 e. The molecule has 21 heavy (non-hydrogen) atoms. The molecule has 0 bridgehead atoms. The van der Waals surface area contributed by atoms with Gasteiger partial charge in [-0.3, -0.25) is 0 Å². The van der Waals surface area contributed by atoms with Crippen LogP contribution in [0.25, 0.3) is 0 Å². The van der Waals surface area contributed by atoms with Crippen LogP contribution in [0.5, 0.6) is 11.5 Å². The summed E-state index contributed by atoms with van der Waals surface area (Å²) in [6, 6.07) is 15.1. The van der Waals surface area contributed by atoms with Gasteiger partial charge in [-0.25, -0.2) is 0 Å². The molecule has 0 spiro atoms. The van der Waals surface area contributed by atoms with Gasteiger partial charge in [0.25, 0.3) is 0 Å². The van der Waals surface area contributed by atoms with E-state index in [0.29, 0.717) is 6.61 Å². The lowest BCUT2D eigenvalue weighted by Crippen LogP contribution is -2.16. The van der Waals surface area contributed by atoms with Gasteiger partial charge in [-0.05, 0) is 37.3 Å². The predicted octanol–water partition coefficient (Wildman–Crippen LogP) is 3.24. The molecule has 0 aromatic heterocycles. The summed E-state index contributed by atoms with van der Waals surface area (Å²) in [7, 11) is 1.64. The molecule has 0 aliphatic heterocycles. The normalized spacial score (nSPS) is 11.8. The van der Waals surface area contributed by atoms with Crippen molar-refractivity contribution in [1.82, 2.24) is 0 Å². The first-order valence-electron chi connectivity index (χ1n) is 7.01. The average Bonchev–Trinajstić information content (AvgIpc) is 2.54. The number of para-hydroxylation sites is 1. The number of ether oxygens (including phenoxy) is 2. The maximum atomic E-state index is 9.69. The zero-order valence-electron chi connectivity index (χ0n) is 12.4. The smallest absolute Gasteiger partial charge is 0.124 e. The molecule has 1 unspecified atom stereocenters. The Kier molecular flexibility index (Phi) is 5.46. The van der Waals surface area contributed by atoms with Crippen molar-refractivity contribution in [2.24, 2.45) is 0 Å². The summed E-state index contributed by atoms with van der Waals surface area (Å²) in [4.78, 5) is 0. The van der Waals surface area contributed by atoms with Crippen LogP contribution in [0.2, 0.25) is 0 Å². The Balaban J connectivity index is 2.19. The van der Waals surface area contributed by atoms with E-state index in [1.54, 1.807) is 7.11 Å². The summed E-state index contributed by atoms with van der Waals surface area (Å²) in [6.07, 6.45) is 0. The highest BCUT2D eigenvalue weighted by Gasteiger charge is 2.15. The largest absolute Gasteiger partial charge is 0.497 e. The molecular weight excluding hydrogens is 266 g/mol. The van der Waals surface area contributed by atoms with Crippen molar-refractivity contribution in [2.45, 2.75) is 13.0 Å². The lowest BCUT2D eigenvalue weighted by atomic mass is 10.1. The molecule has 1 atom stereocenters. The van der Waals surface area contributed by atoms with Crippen LogP contribution in [0, 0.1) is 0 Å². The lowest BCUT2D eigenvalue weighted by Gasteiger charge is -2.21. The van der Waals surface area contributed by atoms with Gasteiger partial charge < -0.3 is 19.9 Å². The van der Waals surface area contributed by atoms with Crippen molar-refractivity contribution in [3.05, 3.63) is 54.1 Å². The van der Waals surface area contributed by atoms with E-state index in [-0.39, 0.29) is 12.6 Å². The summed E-state index contributed by atoms with van der Waals surface area (Å²) in [6.45, 7) is 2.52. The van der Waals surface area contributed by atoms with Gasteiger partial charge >= 0.3 is 0 Å². The maximum absolute atomic E-state index is 9.69. The van der Waals surface area contributed by atoms with E-state index in [1.165, 1.54) is 0 Å². The van der Waals surface area contributed by atoms with Crippen LogP contribution in [0.4, 0.5) is 5.69 Å². The summed E-state index contributed by atoms with van der Waals surface area (Å²) < 4.78 is 10.8. The number of aliphatic hydroxyl groups excluding tert-OH is 1. The summed E-state index contributed by atoms with van der Waals surface area (Å²) >= 11 is 0. The lowest BCUT2D eigenvalue weighted by molar-refractivity contribution is 0.270. The Bertz CT molecular complexity index is 554. The third-order valence-corrected chi connectivity index (χ3v) is 3.21. The van der Waals surface area contributed by atoms with Crippen LogP contribution in [0.15, 0.2) is 48.5 Å². The highest BCUT2D eigenvalue weighted by Crippen LogP contribution is 2.28. The van der Waals surface area contributed by atoms with Crippen molar-refractivity contribution in [3.8, 4) is 11.5 Å².